The number of halogens is 1. The Labute approximate surface area is 123 Å². The van der Waals surface area contributed by atoms with Crippen molar-refractivity contribution < 1.29 is 13.2 Å². The fourth-order valence-electron chi connectivity index (χ4n) is 2.50. The van der Waals surface area contributed by atoms with Crippen molar-refractivity contribution in [3.8, 4) is 0 Å². The molecule has 1 aliphatic carbocycles. The molecule has 1 aromatic carbocycles. The van der Waals surface area contributed by atoms with Crippen LogP contribution >= 0.6 is 10.7 Å². The highest BCUT2D eigenvalue weighted by molar-refractivity contribution is 8.13. The largest absolute Gasteiger partial charge is 0.349 e. The molecule has 4 nitrogen and oxygen atoms in total. The minimum Gasteiger partial charge on any atom is -0.349 e. The van der Waals surface area contributed by atoms with Gasteiger partial charge in [0.1, 0.15) is 0 Å². The maximum absolute atomic E-state index is 12.1. The van der Waals surface area contributed by atoms with Gasteiger partial charge in [-0.3, -0.25) is 4.79 Å². The van der Waals surface area contributed by atoms with Gasteiger partial charge in [0.05, 0.1) is 4.90 Å². The average Bonchev–Trinajstić information content (AvgIpc) is 2.28. The minimum absolute atomic E-state index is 0.00583. The summed E-state index contributed by atoms with van der Waals surface area (Å²) in [6.07, 6.45) is 1.94. The SMILES string of the molecule is Cc1cc(C(=O)NC2CC(C)C2)cc(S(=O)(=O)Cl)c1C. The number of hydrogen-bond donors (Lipinski definition) is 1. The first kappa shape index (κ1) is 15.3. The molecule has 0 spiro atoms. The van der Waals surface area contributed by atoms with Crippen LogP contribution in [0.15, 0.2) is 17.0 Å². The van der Waals surface area contributed by atoms with Crippen LogP contribution in [-0.2, 0) is 9.05 Å². The predicted octanol–water partition coefficient (Wildman–Crippen LogP) is 2.76. The fraction of sp³-hybridized carbons (Fsp3) is 0.500. The molecule has 1 aliphatic rings. The van der Waals surface area contributed by atoms with Crippen LogP contribution in [0.25, 0.3) is 0 Å². The molecule has 1 aromatic rings. The summed E-state index contributed by atoms with van der Waals surface area (Å²) in [5, 5.41) is 2.91. The van der Waals surface area contributed by atoms with Crippen molar-refractivity contribution in [2.45, 2.75) is 44.6 Å². The zero-order valence-corrected chi connectivity index (χ0v) is 13.3. The second-order valence-corrected chi connectivity index (χ2v) is 8.14. The van der Waals surface area contributed by atoms with Crippen LogP contribution in [0, 0.1) is 19.8 Å². The monoisotopic (exact) mass is 315 g/mol. The summed E-state index contributed by atoms with van der Waals surface area (Å²) in [5.41, 5.74) is 1.65. The van der Waals surface area contributed by atoms with Crippen LogP contribution in [0.3, 0.4) is 0 Å². The van der Waals surface area contributed by atoms with E-state index in [2.05, 4.69) is 12.2 Å². The molecule has 0 aromatic heterocycles. The van der Waals surface area contributed by atoms with Crippen LogP contribution in [0.1, 0.15) is 41.3 Å². The van der Waals surface area contributed by atoms with Gasteiger partial charge in [0, 0.05) is 22.3 Å². The topological polar surface area (TPSA) is 63.2 Å². The van der Waals surface area contributed by atoms with Crippen molar-refractivity contribution in [2.24, 2.45) is 5.92 Å². The average molecular weight is 316 g/mol. The Hall–Kier alpha value is -1.07. The molecule has 0 unspecified atom stereocenters. The molecule has 0 radical (unpaired) electrons. The normalized spacial score (nSPS) is 22.2. The van der Waals surface area contributed by atoms with E-state index in [0.29, 0.717) is 17.0 Å². The molecule has 0 atom stereocenters. The summed E-state index contributed by atoms with van der Waals surface area (Å²) in [6, 6.07) is 3.23. The van der Waals surface area contributed by atoms with E-state index in [1.165, 1.54) is 6.07 Å². The number of amides is 1. The molecule has 110 valence electrons. The van der Waals surface area contributed by atoms with Gasteiger partial charge in [0.15, 0.2) is 0 Å². The molecule has 0 heterocycles. The van der Waals surface area contributed by atoms with Gasteiger partial charge in [-0.1, -0.05) is 6.92 Å². The molecule has 0 aliphatic heterocycles. The summed E-state index contributed by atoms with van der Waals surface area (Å²) < 4.78 is 23.1. The highest BCUT2D eigenvalue weighted by Gasteiger charge is 2.27. The van der Waals surface area contributed by atoms with Gasteiger partial charge in [0.2, 0.25) is 0 Å². The van der Waals surface area contributed by atoms with E-state index >= 15 is 0 Å². The Bertz CT molecular complexity index is 649. The minimum atomic E-state index is -3.85. The number of benzene rings is 1. The molecular formula is C14H18ClNO3S. The molecule has 6 heteroatoms. The summed E-state index contributed by atoms with van der Waals surface area (Å²) in [7, 11) is 1.57. The Morgan fingerprint density at radius 1 is 1.30 bits per heavy atom. The summed E-state index contributed by atoms with van der Waals surface area (Å²) in [5.74, 6) is 0.394. The fourth-order valence-corrected chi connectivity index (χ4v) is 3.78. The van der Waals surface area contributed by atoms with Crippen molar-refractivity contribution in [1.29, 1.82) is 0 Å². The Balaban J connectivity index is 2.28. The maximum Gasteiger partial charge on any atom is 0.261 e. The molecule has 1 fully saturated rings. The number of carbonyl (C=O) groups is 1. The smallest absolute Gasteiger partial charge is 0.261 e. The van der Waals surface area contributed by atoms with Gasteiger partial charge in [0.25, 0.3) is 15.0 Å². The molecule has 2 rings (SSSR count). The predicted molar refractivity (Wildman–Crippen MR) is 78.6 cm³/mol. The van der Waals surface area contributed by atoms with E-state index < -0.39 is 9.05 Å². The van der Waals surface area contributed by atoms with Gasteiger partial charge in [-0.05, 0) is 55.9 Å². The Morgan fingerprint density at radius 3 is 2.40 bits per heavy atom. The van der Waals surface area contributed by atoms with Crippen molar-refractivity contribution in [3.63, 3.8) is 0 Å². The van der Waals surface area contributed by atoms with Crippen molar-refractivity contribution in [1.82, 2.24) is 5.32 Å². The standard InChI is InChI=1S/C14H18ClNO3S/c1-8-4-12(5-8)16-14(17)11-6-9(2)10(3)13(7-11)20(15,18)19/h6-8,12H,4-5H2,1-3H3,(H,16,17). The van der Waals surface area contributed by atoms with E-state index in [1.807, 2.05) is 0 Å². The van der Waals surface area contributed by atoms with Crippen LogP contribution in [0.5, 0.6) is 0 Å². The summed E-state index contributed by atoms with van der Waals surface area (Å²) in [6.45, 7) is 5.58. The van der Waals surface area contributed by atoms with Gasteiger partial charge in [-0.2, -0.15) is 0 Å². The molecule has 0 bridgehead atoms. The molecule has 20 heavy (non-hydrogen) atoms. The van der Waals surface area contributed by atoms with E-state index in [4.69, 9.17) is 10.7 Å². The molecule has 1 saturated carbocycles. The number of rotatable bonds is 3. The van der Waals surface area contributed by atoms with E-state index in [1.54, 1.807) is 19.9 Å². The lowest BCUT2D eigenvalue weighted by Gasteiger charge is -2.33. The zero-order valence-electron chi connectivity index (χ0n) is 11.7. The number of carbonyl (C=O) groups excluding carboxylic acids is 1. The summed E-state index contributed by atoms with van der Waals surface area (Å²) in [4.78, 5) is 12.2. The number of hydrogen-bond acceptors (Lipinski definition) is 3. The Kier molecular flexibility index (Phi) is 4.12. The summed E-state index contributed by atoms with van der Waals surface area (Å²) >= 11 is 0. The lowest BCUT2D eigenvalue weighted by molar-refractivity contribution is 0.0895. The first-order chi connectivity index (χ1) is 9.18. The second kappa shape index (κ2) is 5.37. The molecular weight excluding hydrogens is 298 g/mol. The first-order valence-corrected chi connectivity index (χ1v) is 8.86. The highest BCUT2D eigenvalue weighted by Crippen LogP contribution is 2.28. The van der Waals surface area contributed by atoms with Crippen molar-refractivity contribution in [2.75, 3.05) is 0 Å². The number of nitrogens with one attached hydrogen (secondary N) is 1. The molecule has 1 N–H and O–H groups in total. The third-order valence-corrected chi connectivity index (χ3v) is 5.30. The zero-order chi connectivity index (χ0) is 15.1. The third kappa shape index (κ3) is 3.15. The lowest BCUT2D eigenvalue weighted by Crippen LogP contribution is -2.43. The third-order valence-electron chi connectivity index (χ3n) is 3.85. The van der Waals surface area contributed by atoms with Crippen molar-refractivity contribution in [3.05, 3.63) is 28.8 Å². The number of aryl methyl sites for hydroxylation is 1. The van der Waals surface area contributed by atoms with Crippen LogP contribution < -0.4 is 5.32 Å². The molecule has 1 amide bonds. The van der Waals surface area contributed by atoms with Gasteiger partial charge < -0.3 is 5.32 Å². The van der Waals surface area contributed by atoms with E-state index in [9.17, 15) is 13.2 Å². The quantitative estimate of drug-likeness (QED) is 0.872. The maximum atomic E-state index is 12.1. The molecule has 0 saturated heterocycles. The van der Waals surface area contributed by atoms with Gasteiger partial charge >= 0.3 is 0 Å². The highest BCUT2D eigenvalue weighted by atomic mass is 35.7. The first-order valence-electron chi connectivity index (χ1n) is 6.55. The van der Waals surface area contributed by atoms with Crippen molar-refractivity contribution >= 4 is 25.6 Å². The second-order valence-electron chi connectivity index (χ2n) is 5.60. The van der Waals surface area contributed by atoms with Gasteiger partial charge in [-0.25, -0.2) is 8.42 Å². The van der Waals surface area contributed by atoms with Gasteiger partial charge in [-0.15, -0.1) is 0 Å². The van der Waals surface area contributed by atoms with Crippen LogP contribution in [0.4, 0.5) is 0 Å². The van der Waals surface area contributed by atoms with E-state index in [-0.39, 0.29) is 16.8 Å². The lowest BCUT2D eigenvalue weighted by atomic mass is 9.82. The Morgan fingerprint density at radius 2 is 1.90 bits per heavy atom. The van der Waals surface area contributed by atoms with Crippen LogP contribution in [-0.4, -0.2) is 20.4 Å². The van der Waals surface area contributed by atoms with E-state index in [0.717, 1.165) is 18.4 Å². The van der Waals surface area contributed by atoms with Crippen LogP contribution in [0.2, 0.25) is 0 Å².